The predicted octanol–water partition coefficient (Wildman–Crippen LogP) is 2.30. The molecular formula is C18H27ClN4O2S. The number of piperazine rings is 1. The molecular weight excluding hydrogens is 372 g/mol. The molecule has 6 nitrogen and oxygen atoms in total. The number of aromatic nitrogens is 2. The normalized spacial score (nSPS) is 18.5. The summed E-state index contributed by atoms with van der Waals surface area (Å²) in [6.45, 7) is 5.81. The van der Waals surface area contributed by atoms with E-state index in [9.17, 15) is 8.42 Å². The first kappa shape index (κ1) is 20.9. The van der Waals surface area contributed by atoms with E-state index < -0.39 is 10.0 Å². The molecule has 144 valence electrons. The molecule has 0 bridgehead atoms. The van der Waals surface area contributed by atoms with E-state index in [2.05, 4.69) is 24.1 Å². The predicted molar refractivity (Wildman–Crippen MR) is 105 cm³/mol. The number of aryl methyl sites for hydroxylation is 3. The van der Waals surface area contributed by atoms with Crippen molar-refractivity contribution in [1.29, 1.82) is 0 Å². The molecule has 8 heteroatoms. The Hall–Kier alpha value is -1.41. The largest absolute Gasteiger partial charge is 0.337 e. The lowest BCUT2D eigenvalue weighted by Gasteiger charge is -2.34. The van der Waals surface area contributed by atoms with E-state index in [4.69, 9.17) is 0 Å². The summed E-state index contributed by atoms with van der Waals surface area (Å²) in [6.07, 6.45) is 5.30. The molecule has 2 aromatic rings. The molecule has 1 atom stereocenters. The van der Waals surface area contributed by atoms with Crippen molar-refractivity contribution in [2.24, 2.45) is 7.05 Å². The number of hydrogen-bond donors (Lipinski definition) is 1. The Morgan fingerprint density at radius 1 is 1.23 bits per heavy atom. The Morgan fingerprint density at radius 3 is 2.58 bits per heavy atom. The highest BCUT2D eigenvalue weighted by molar-refractivity contribution is 7.89. The molecule has 3 rings (SSSR count). The van der Waals surface area contributed by atoms with Gasteiger partial charge in [0, 0.05) is 39.1 Å². The zero-order valence-electron chi connectivity index (χ0n) is 15.5. The van der Waals surface area contributed by atoms with Crippen molar-refractivity contribution in [3.63, 3.8) is 0 Å². The fraction of sp³-hybridized carbons (Fsp3) is 0.500. The molecule has 2 heterocycles. The monoisotopic (exact) mass is 398 g/mol. The molecule has 1 N–H and O–H groups in total. The van der Waals surface area contributed by atoms with Crippen LogP contribution in [0.15, 0.2) is 35.5 Å². The van der Waals surface area contributed by atoms with Crippen LogP contribution in [0, 0.1) is 0 Å². The van der Waals surface area contributed by atoms with E-state index in [1.807, 2.05) is 29.9 Å². The summed E-state index contributed by atoms with van der Waals surface area (Å²) in [7, 11) is -1.68. The van der Waals surface area contributed by atoms with Crippen LogP contribution in [0.3, 0.4) is 0 Å². The quantitative estimate of drug-likeness (QED) is 0.839. The minimum absolute atomic E-state index is 0. The van der Waals surface area contributed by atoms with Crippen molar-refractivity contribution in [3.05, 3.63) is 47.5 Å². The van der Waals surface area contributed by atoms with Crippen LogP contribution in [0.1, 0.15) is 36.8 Å². The molecule has 0 spiro atoms. The second-order valence-corrected chi connectivity index (χ2v) is 8.26. The first-order valence-corrected chi connectivity index (χ1v) is 10.2. The van der Waals surface area contributed by atoms with Gasteiger partial charge in [0.2, 0.25) is 10.0 Å². The van der Waals surface area contributed by atoms with Gasteiger partial charge in [0.15, 0.2) is 0 Å². The van der Waals surface area contributed by atoms with Crippen LogP contribution in [-0.2, 0) is 29.9 Å². The number of sulfonamides is 1. The van der Waals surface area contributed by atoms with Crippen LogP contribution in [0.2, 0.25) is 0 Å². The van der Waals surface area contributed by atoms with Gasteiger partial charge in [-0.3, -0.25) is 0 Å². The van der Waals surface area contributed by atoms with Gasteiger partial charge in [-0.15, -0.1) is 12.4 Å². The summed E-state index contributed by atoms with van der Waals surface area (Å²) in [5.74, 6) is 0.761. The van der Waals surface area contributed by atoms with E-state index in [1.165, 1.54) is 5.56 Å². The topological polar surface area (TPSA) is 67.2 Å². The number of imidazole rings is 1. The number of nitrogens with zero attached hydrogens (tertiary/aromatic N) is 3. The summed E-state index contributed by atoms with van der Waals surface area (Å²) >= 11 is 0. The summed E-state index contributed by atoms with van der Waals surface area (Å²) < 4.78 is 30.1. The van der Waals surface area contributed by atoms with E-state index in [-0.39, 0.29) is 18.4 Å². The lowest BCUT2D eigenvalue weighted by molar-refractivity contribution is 0.258. The average molecular weight is 399 g/mol. The third kappa shape index (κ3) is 3.81. The lowest BCUT2D eigenvalue weighted by atomic mass is 10.0. The zero-order chi connectivity index (χ0) is 18.0. The molecule has 0 amide bonds. The van der Waals surface area contributed by atoms with E-state index in [1.54, 1.807) is 16.6 Å². The van der Waals surface area contributed by atoms with Crippen molar-refractivity contribution in [2.75, 3.05) is 19.6 Å². The fourth-order valence-electron chi connectivity index (χ4n) is 3.46. The second kappa shape index (κ2) is 8.52. The van der Waals surface area contributed by atoms with Crippen LogP contribution in [-0.4, -0.2) is 41.9 Å². The van der Waals surface area contributed by atoms with E-state index in [0.717, 1.165) is 24.2 Å². The Kier molecular flexibility index (Phi) is 6.85. The number of rotatable bonds is 5. The number of benzene rings is 1. The molecule has 0 aliphatic carbocycles. The van der Waals surface area contributed by atoms with Crippen molar-refractivity contribution >= 4 is 22.4 Å². The Labute approximate surface area is 162 Å². The maximum Gasteiger partial charge on any atom is 0.243 e. The highest BCUT2D eigenvalue weighted by Gasteiger charge is 2.36. The average Bonchev–Trinajstić information content (AvgIpc) is 3.06. The molecule has 1 aliphatic heterocycles. The summed E-state index contributed by atoms with van der Waals surface area (Å²) in [6, 6.07) is 5.23. The molecule has 1 fully saturated rings. The van der Waals surface area contributed by atoms with Gasteiger partial charge in [-0.1, -0.05) is 19.9 Å². The maximum atomic E-state index is 13.3. The van der Waals surface area contributed by atoms with Crippen LogP contribution >= 0.6 is 12.4 Å². The van der Waals surface area contributed by atoms with Crippen molar-refractivity contribution in [3.8, 4) is 0 Å². The lowest BCUT2D eigenvalue weighted by Crippen LogP contribution is -2.49. The molecule has 1 aliphatic rings. The molecule has 1 aromatic carbocycles. The van der Waals surface area contributed by atoms with Crippen LogP contribution in [0.5, 0.6) is 0 Å². The zero-order valence-corrected chi connectivity index (χ0v) is 17.1. The standard InChI is InChI=1S/C18H26N4O2S.ClH/c1-4-14-6-7-16(12-15(14)5-2)25(23,24)22-11-8-19-13-17(22)18-20-9-10-21(18)3;/h6-7,9-10,12,17,19H,4-5,8,11,13H2,1-3H3;1H. The Balaban J connectivity index is 0.00000243. The third-order valence-electron chi connectivity index (χ3n) is 4.90. The van der Waals surface area contributed by atoms with Crippen LogP contribution in [0.4, 0.5) is 0 Å². The summed E-state index contributed by atoms with van der Waals surface area (Å²) in [5.41, 5.74) is 2.31. The SMILES string of the molecule is CCc1ccc(S(=O)(=O)N2CCNCC2c2nccn2C)cc1CC.Cl. The molecule has 0 saturated carbocycles. The molecule has 26 heavy (non-hydrogen) atoms. The van der Waals surface area contributed by atoms with Gasteiger partial charge < -0.3 is 9.88 Å². The first-order valence-electron chi connectivity index (χ1n) is 8.80. The molecule has 1 unspecified atom stereocenters. The van der Waals surface area contributed by atoms with Gasteiger partial charge in [-0.2, -0.15) is 4.31 Å². The second-order valence-electron chi connectivity index (χ2n) is 6.37. The molecule has 1 saturated heterocycles. The highest BCUT2D eigenvalue weighted by Crippen LogP contribution is 2.29. The number of halogens is 1. The van der Waals surface area contributed by atoms with E-state index in [0.29, 0.717) is 24.5 Å². The Bertz CT molecular complexity index is 851. The van der Waals surface area contributed by atoms with Gasteiger partial charge in [0.1, 0.15) is 5.82 Å². The minimum Gasteiger partial charge on any atom is -0.337 e. The van der Waals surface area contributed by atoms with Gasteiger partial charge in [-0.05, 0) is 36.1 Å². The summed E-state index contributed by atoms with van der Waals surface area (Å²) in [4.78, 5) is 4.75. The van der Waals surface area contributed by atoms with Crippen LogP contribution < -0.4 is 5.32 Å². The minimum atomic E-state index is -3.57. The van der Waals surface area contributed by atoms with Crippen LogP contribution in [0.25, 0.3) is 0 Å². The van der Waals surface area contributed by atoms with E-state index >= 15 is 0 Å². The van der Waals surface area contributed by atoms with Crippen molar-refractivity contribution < 1.29 is 8.42 Å². The molecule has 1 aromatic heterocycles. The molecule has 0 radical (unpaired) electrons. The van der Waals surface area contributed by atoms with Gasteiger partial charge in [-0.25, -0.2) is 13.4 Å². The number of hydrogen-bond acceptors (Lipinski definition) is 4. The highest BCUT2D eigenvalue weighted by atomic mass is 35.5. The third-order valence-corrected chi connectivity index (χ3v) is 6.80. The first-order chi connectivity index (χ1) is 12.0. The Morgan fingerprint density at radius 2 is 1.96 bits per heavy atom. The van der Waals surface area contributed by atoms with Gasteiger partial charge in [0.05, 0.1) is 10.9 Å². The maximum absolute atomic E-state index is 13.3. The number of nitrogens with one attached hydrogen (secondary N) is 1. The summed E-state index contributed by atoms with van der Waals surface area (Å²) in [5, 5.41) is 3.29. The van der Waals surface area contributed by atoms with Crippen molar-refractivity contribution in [2.45, 2.75) is 37.6 Å². The van der Waals surface area contributed by atoms with Gasteiger partial charge >= 0.3 is 0 Å². The fourth-order valence-corrected chi connectivity index (χ4v) is 5.10. The van der Waals surface area contributed by atoms with Crippen molar-refractivity contribution in [1.82, 2.24) is 19.2 Å². The smallest absolute Gasteiger partial charge is 0.243 e. The van der Waals surface area contributed by atoms with Gasteiger partial charge in [0.25, 0.3) is 0 Å².